The summed E-state index contributed by atoms with van der Waals surface area (Å²) in [5.41, 5.74) is 1.12. The van der Waals surface area contributed by atoms with E-state index in [2.05, 4.69) is 30.4 Å². The summed E-state index contributed by atoms with van der Waals surface area (Å²) >= 11 is 6.14. The van der Waals surface area contributed by atoms with Gasteiger partial charge < -0.3 is 19.9 Å². The van der Waals surface area contributed by atoms with E-state index in [0.29, 0.717) is 35.5 Å². The number of benzene rings is 2. The van der Waals surface area contributed by atoms with E-state index in [9.17, 15) is 24.0 Å². The number of nitriles is 1. The summed E-state index contributed by atoms with van der Waals surface area (Å²) in [6, 6.07) is 8.90. The van der Waals surface area contributed by atoms with Crippen molar-refractivity contribution in [2.75, 3.05) is 49.1 Å². The number of amides is 5. The Hall–Kier alpha value is -5.66. The van der Waals surface area contributed by atoms with Crippen molar-refractivity contribution >= 4 is 52.6 Å². The molecule has 9 rings (SSSR count). The number of fused-ring (bicyclic) bond motifs is 1. The number of hydrogen-bond acceptors (Lipinski definition) is 12. The molecule has 1 atom stereocenters. The molecule has 4 saturated heterocycles. The SMILES string of the molecule is N#Cc1ccc(O[C@H]2CC[C@H](NC(=O)c3cnc(N4CC5(CCN(C6CCN(c7cc8c(cc7F)C(=O)N(C7CCC(=O)NC7=O)C8=O)CC6)C5)C4)cn3)CC2)cc1Cl. The van der Waals surface area contributed by atoms with Crippen LogP contribution in [0, 0.1) is 22.6 Å². The Morgan fingerprint density at radius 2 is 1.66 bits per heavy atom. The van der Waals surface area contributed by atoms with Gasteiger partial charge in [0.1, 0.15) is 35.2 Å². The molecular formula is C42H43ClFN9O6. The second kappa shape index (κ2) is 15.5. The third-order valence-corrected chi connectivity index (χ3v) is 13.2. The zero-order valence-corrected chi connectivity index (χ0v) is 33.0. The van der Waals surface area contributed by atoms with Crippen LogP contribution in [-0.4, -0.2) is 113 Å². The molecule has 5 fully saturated rings. The van der Waals surface area contributed by atoms with Crippen LogP contribution in [0.5, 0.6) is 5.75 Å². The normalized spacial score (nSPS) is 24.5. The maximum atomic E-state index is 15.5. The van der Waals surface area contributed by atoms with E-state index in [1.807, 2.05) is 11.0 Å². The molecule has 6 aliphatic rings. The highest BCUT2D eigenvalue weighted by Crippen LogP contribution is 2.43. The van der Waals surface area contributed by atoms with Crippen LogP contribution in [0.25, 0.3) is 0 Å². The van der Waals surface area contributed by atoms with Gasteiger partial charge >= 0.3 is 0 Å². The van der Waals surface area contributed by atoms with Gasteiger partial charge in [-0.25, -0.2) is 14.4 Å². The number of carbonyl (C=O) groups is 5. The zero-order chi connectivity index (χ0) is 41.0. The molecule has 2 N–H and O–H groups in total. The Balaban J connectivity index is 0.725. The Bertz CT molecular complexity index is 2260. The zero-order valence-electron chi connectivity index (χ0n) is 32.3. The fourth-order valence-electron chi connectivity index (χ4n) is 9.70. The van der Waals surface area contributed by atoms with Crippen LogP contribution < -0.4 is 25.2 Å². The van der Waals surface area contributed by atoms with Crippen molar-refractivity contribution in [1.82, 2.24) is 30.4 Å². The fraction of sp³-hybridized carbons (Fsp3) is 0.476. The van der Waals surface area contributed by atoms with E-state index in [0.717, 1.165) is 87.9 Å². The largest absolute Gasteiger partial charge is 0.490 e. The van der Waals surface area contributed by atoms with Crippen molar-refractivity contribution in [1.29, 1.82) is 5.26 Å². The van der Waals surface area contributed by atoms with Gasteiger partial charge in [0.25, 0.3) is 17.7 Å². The van der Waals surface area contributed by atoms with Crippen LogP contribution in [0.1, 0.15) is 94.6 Å². The van der Waals surface area contributed by atoms with E-state index >= 15 is 4.39 Å². The molecule has 1 spiro atoms. The number of anilines is 2. The van der Waals surface area contributed by atoms with Crippen molar-refractivity contribution < 1.29 is 33.1 Å². The number of imide groups is 2. The summed E-state index contributed by atoms with van der Waals surface area (Å²) < 4.78 is 21.6. The number of ether oxygens (including phenoxy) is 1. The van der Waals surface area contributed by atoms with Crippen LogP contribution in [0.2, 0.25) is 5.02 Å². The first-order valence-electron chi connectivity index (χ1n) is 20.3. The molecule has 3 aromatic rings. The average molecular weight is 824 g/mol. The van der Waals surface area contributed by atoms with Crippen LogP contribution in [0.15, 0.2) is 42.7 Å². The van der Waals surface area contributed by atoms with Gasteiger partial charge in [-0.3, -0.25) is 39.1 Å². The minimum Gasteiger partial charge on any atom is -0.490 e. The molecule has 1 saturated carbocycles. The molecule has 17 heteroatoms. The van der Waals surface area contributed by atoms with Crippen molar-refractivity contribution in [3.63, 3.8) is 0 Å². The van der Waals surface area contributed by atoms with E-state index < -0.39 is 35.5 Å². The minimum absolute atomic E-state index is 0.00570. The predicted molar refractivity (Wildman–Crippen MR) is 211 cm³/mol. The third kappa shape index (κ3) is 7.46. The first-order valence-corrected chi connectivity index (χ1v) is 20.6. The van der Waals surface area contributed by atoms with Gasteiger partial charge in [0, 0.05) is 62.7 Å². The average Bonchev–Trinajstić information content (AvgIpc) is 3.77. The van der Waals surface area contributed by atoms with E-state index in [4.69, 9.17) is 21.6 Å². The van der Waals surface area contributed by atoms with Gasteiger partial charge in [0.2, 0.25) is 11.8 Å². The lowest BCUT2D eigenvalue weighted by Gasteiger charge is -2.49. The number of likely N-dealkylation sites (tertiary alicyclic amines) is 1. The molecule has 5 amide bonds. The molecule has 1 aromatic heterocycles. The Labute approximate surface area is 344 Å². The summed E-state index contributed by atoms with van der Waals surface area (Å²) in [7, 11) is 0. The smallest absolute Gasteiger partial charge is 0.271 e. The van der Waals surface area contributed by atoms with Crippen molar-refractivity contribution in [3.05, 3.63) is 75.9 Å². The van der Waals surface area contributed by atoms with E-state index in [1.54, 1.807) is 30.6 Å². The number of nitrogens with zero attached hydrogens (tertiary/aromatic N) is 7. The number of aromatic nitrogens is 2. The van der Waals surface area contributed by atoms with Crippen molar-refractivity contribution in [2.45, 2.75) is 82.0 Å². The highest BCUT2D eigenvalue weighted by Gasteiger charge is 2.50. The van der Waals surface area contributed by atoms with Gasteiger partial charge in [0.15, 0.2) is 0 Å². The highest BCUT2D eigenvalue weighted by atomic mass is 35.5. The molecule has 1 unspecified atom stereocenters. The maximum absolute atomic E-state index is 15.5. The first kappa shape index (κ1) is 38.8. The number of carbonyl (C=O) groups excluding carboxylic acids is 5. The molecule has 15 nitrogen and oxygen atoms in total. The molecule has 0 radical (unpaired) electrons. The topological polar surface area (TPSA) is 181 Å². The fourth-order valence-corrected chi connectivity index (χ4v) is 9.91. The Kier molecular flexibility index (Phi) is 10.2. The van der Waals surface area contributed by atoms with Crippen LogP contribution in [-0.2, 0) is 9.59 Å². The van der Waals surface area contributed by atoms with Crippen LogP contribution >= 0.6 is 11.6 Å². The highest BCUT2D eigenvalue weighted by molar-refractivity contribution is 6.31. The summed E-state index contributed by atoms with van der Waals surface area (Å²) in [5, 5.41) is 14.7. The summed E-state index contributed by atoms with van der Waals surface area (Å²) in [6.45, 7) is 4.82. The molecular weight excluding hydrogens is 781 g/mol. The van der Waals surface area contributed by atoms with Gasteiger partial charge in [-0.1, -0.05) is 11.6 Å². The lowest BCUT2D eigenvalue weighted by molar-refractivity contribution is -0.136. The quantitative estimate of drug-likeness (QED) is 0.314. The standard InChI is InChI=1S/C42H43ClFN9O6/c43-31-15-28(4-1-24(31)18-45)59-27-5-2-25(3-6-27)48-38(55)33-19-47-36(20-46-33)52-22-42(23-52)11-14-51(21-42)26-9-12-50(13-10-26)35-17-30-29(16-32(35)44)40(57)53(41(30)58)34-7-8-37(54)49-39(34)56/h1,4,15-17,19-20,25-27,34H,2-3,5-14,21-23H2,(H,48,55)(H,49,54,56)/t25-,27-,34?. The van der Waals surface area contributed by atoms with Crippen molar-refractivity contribution in [2.24, 2.45) is 5.41 Å². The molecule has 2 aromatic carbocycles. The third-order valence-electron chi connectivity index (χ3n) is 12.9. The molecule has 0 bridgehead atoms. The number of rotatable bonds is 8. The summed E-state index contributed by atoms with van der Waals surface area (Å²) in [4.78, 5) is 80.1. The maximum Gasteiger partial charge on any atom is 0.271 e. The molecule has 306 valence electrons. The molecule has 5 aliphatic heterocycles. The van der Waals surface area contributed by atoms with Gasteiger partial charge in [-0.15, -0.1) is 0 Å². The number of piperidine rings is 2. The number of nitrogens with one attached hydrogen (secondary N) is 2. The van der Waals surface area contributed by atoms with Gasteiger partial charge in [-0.05, 0) is 82.2 Å². The van der Waals surface area contributed by atoms with E-state index in [-0.39, 0.29) is 58.8 Å². The number of hydrogen-bond donors (Lipinski definition) is 2. The van der Waals surface area contributed by atoms with Crippen LogP contribution in [0.4, 0.5) is 15.9 Å². The Morgan fingerprint density at radius 3 is 2.34 bits per heavy atom. The number of halogens is 2. The first-order chi connectivity index (χ1) is 28.5. The van der Waals surface area contributed by atoms with Gasteiger partial charge in [-0.2, -0.15) is 5.26 Å². The second-order valence-electron chi connectivity index (χ2n) is 16.7. The lowest BCUT2D eigenvalue weighted by atomic mass is 9.79. The second-order valence-corrected chi connectivity index (χ2v) is 17.1. The van der Waals surface area contributed by atoms with E-state index in [1.165, 1.54) is 6.07 Å². The molecule has 1 aliphatic carbocycles. The monoisotopic (exact) mass is 823 g/mol. The van der Waals surface area contributed by atoms with Crippen molar-refractivity contribution in [3.8, 4) is 11.8 Å². The molecule has 59 heavy (non-hydrogen) atoms. The minimum atomic E-state index is -1.10. The van der Waals surface area contributed by atoms with Crippen LogP contribution in [0.3, 0.4) is 0 Å². The van der Waals surface area contributed by atoms with Gasteiger partial charge in [0.05, 0.1) is 45.9 Å². The Morgan fingerprint density at radius 1 is 0.915 bits per heavy atom. The molecule has 6 heterocycles. The predicted octanol–water partition coefficient (Wildman–Crippen LogP) is 3.84. The summed E-state index contributed by atoms with van der Waals surface area (Å²) in [5.74, 6) is -1.98. The lowest BCUT2D eigenvalue weighted by Crippen LogP contribution is -2.58. The summed E-state index contributed by atoms with van der Waals surface area (Å²) in [6.07, 6.45) is 9.07.